The van der Waals surface area contributed by atoms with Gasteiger partial charge in [-0.15, -0.1) is 0 Å². The maximum absolute atomic E-state index is 10.1. The zero-order valence-corrected chi connectivity index (χ0v) is 9.91. The Morgan fingerprint density at radius 2 is 2.07 bits per heavy atom. The van der Waals surface area contributed by atoms with E-state index in [1.165, 1.54) is 44.9 Å². The van der Waals surface area contributed by atoms with Crippen LogP contribution in [0.5, 0.6) is 0 Å². The van der Waals surface area contributed by atoms with Crippen molar-refractivity contribution in [1.82, 2.24) is 5.32 Å². The Bertz CT molecular complexity index is 191. The second-order valence-corrected chi connectivity index (χ2v) is 5.45. The van der Waals surface area contributed by atoms with E-state index in [1.807, 2.05) is 0 Å². The Labute approximate surface area is 93.5 Å². The van der Waals surface area contributed by atoms with E-state index in [-0.39, 0.29) is 6.10 Å². The Hall–Kier alpha value is -0.0800. The summed E-state index contributed by atoms with van der Waals surface area (Å²) < 4.78 is 0. The van der Waals surface area contributed by atoms with Crippen LogP contribution in [0.3, 0.4) is 0 Å². The fourth-order valence-corrected chi connectivity index (χ4v) is 2.79. The second kappa shape index (κ2) is 5.31. The molecule has 0 aromatic heterocycles. The van der Waals surface area contributed by atoms with Crippen LogP contribution in [0.15, 0.2) is 0 Å². The molecule has 15 heavy (non-hydrogen) atoms. The smallest absolute Gasteiger partial charge is 0.0692 e. The van der Waals surface area contributed by atoms with Gasteiger partial charge >= 0.3 is 0 Å². The van der Waals surface area contributed by atoms with E-state index in [2.05, 4.69) is 12.2 Å². The van der Waals surface area contributed by atoms with E-state index in [0.717, 1.165) is 18.5 Å². The van der Waals surface area contributed by atoms with Crippen LogP contribution in [0, 0.1) is 11.8 Å². The predicted octanol–water partition coefficient (Wildman–Crippen LogP) is 2.32. The lowest BCUT2D eigenvalue weighted by atomic mass is 9.77. The lowest BCUT2D eigenvalue weighted by molar-refractivity contribution is 0.0676. The van der Waals surface area contributed by atoms with Crippen LogP contribution in [0.25, 0.3) is 0 Å². The number of nitrogens with one attached hydrogen (secondary N) is 1. The SMILES string of the molecule is CCC1CCCC(C(O)CNC2CC2)C1. The van der Waals surface area contributed by atoms with Crippen LogP contribution >= 0.6 is 0 Å². The molecule has 3 atom stereocenters. The fourth-order valence-electron chi connectivity index (χ4n) is 2.79. The van der Waals surface area contributed by atoms with Gasteiger partial charge in [0.1, 0.15) is 0 Å². The molecule has 2 heteroatoms. The van der Waals surface area contributed by atoms with E-state index >= 15 is 0 Å². The lowest BCUT2D eigenvalue weighted by Gasteiger charge is -2.31. The molecule has 0 aromatic rings. The first-order valence-electron chi connectivity index (χ1n) is 6.71. The topological polar surface area (TPSA) is 32.3 Å². The first-order chi connectivity index (χ1) is 7.29. The van der Waals surface area contributed by atoms with Gasteiger partial charge in [-0.05, 0) is 37.5 Å². The number of aliphatic hydroxyl groups is 1. The van der Waals surface area contributed by atoms with E-state index in [4.69, 9.17) is 0 Å². The van der Waals surface area contributed by atoms with Crippen molar-refractivity contribution in [3.05, 3.63) is 0 Å². The number of aliphatic hydroxyl groups excluding tert-OH is 1. The van der Waals surface area contributed by atoms with Gasteiger partial charge in [-0.25, -0.2) is 0 Å². The Morgan fingerprint density at radius 1 is 1.27 bits per heavy atom. The van der Waals surface area contributed by atoms with Crippen LogP contribution in [-0.4, -0.2) is 23.8 Å². The molecule has 0 heterocycles. The van der Waals surface area contributed by atoms with Gasteiger partial charge in [0.15, 0.2) is 0 Å². The minimum absolute atomic E-state index is 0.0973. The van der Waals surface area contributed by atoms with Gasteiger partial charge in [0.25, 0.3) is 0 Å². The fraction of sp³-hybridized carbons (Fsp3) is 1.00. The quantitative estimate of drug-likeness (QED) is 0.731. The highest BCUT2D eigenvalue weighted by Crippen LogP contribution is 2.33. The minimum atomic E-state index is -0.0973. The summed E-state index contributed by atoms with van der Waals surface area (Å²) in [6.07, 6.45) is 9.02. The van der Waals surface area contributed by atoms with Crippen LogP contribution in [-0.2, 0) is 0 Å². The molecule has 2 rings (SSSR count). The number of hydrogen-bond acceptors (Lipinski definition) is 2. The van der Waals surface area contributed by atoms with Gasteiger partial charge in [-0.2, -0.15) is 0 Å². The Balaban J connectivity index is 1.70. The summed E-state index contributed by atoms with van der Waals surface area (Å²) in [5.41, 5.74) is 0. The third kappa shape index (κ3) is 3.46. The molecule has 0 aliphatic heterocycles. The van der Waals surface area contributed by atoms with E-state index < -0.39 is 0 Å². The minimum Gasteiger partial charge on any atom is -0.392 e. The molecule has 0 amide bonds. The van der Waals surface area contributed by atoms with Crippen molar-refractivity contribution in [2.75, 3.05) is 6.54 Å². The molecule has 3 unspecified atom stereocenters. The molecule has 0 spiro atoms. The van der Waals surface area contributed by atoms with Gasteiger partial charge in [0, 0.05) is 12.6 Å². The molecule has 2 aliphatic rings. The maximum Gasteiger partial charge on any atom is 0.0692 e. The summed E-state index contributed by atoms with van der Waals surface area (Å²) in [4.78, 5) is 0. The number of hydrogen-bond donors (Lipinski definition) is 2. The predicted molar refractivity (Wildman–Crippen MR) is 62.8 cm³/mol. The van der Waals surface area contributed by atoms with Gasteiger partial charge in [0.2, 0.25) is 0 Å². The highest BCUT2D eigenvalue weighted by molar-refractivity contribution is 4.84. The Kier molecular flexibility index (Phi) is 4.04. The van der Waals surface area contributed by atoms with E-state index in [1.54, 1.807) is 0 Å². The Morgan fingerprint density at radius 3 is 2.73 bits per heavy atom. The molecule has 2 nitrogen and oxygen atoms in total. The van der Waals surface area contributed by atoms with Crippen molar-refractivity contribution in [1.29, 1.82) is 0 Å². The molecule has 0 aromatic carbocycles. The third-order valence-electron chi connectivity index (χ3n) is 4.14. The summed E-state index contributed by atoms with van der Waals surface area (Å²) in [7, 11) is 0. The molecule has 2 aliphatic carbocycles. The van der Waals surface area contributed by atoms with Crippen molar-refractivity contribution in [3.63, 3.8) is 0 Å². The molecular formula is C13H25NO. The summed E-state index contributed by atoms with van der Waals surface area (Å²) in [6.45, 7) is 3.10. The van der Waals surface area contributed by atoms with Crippen molar-refractivity contribution in [3.8, 4) is 0 Å². The summed E-state index contributed by atoms with van der Waals surface area (Å²) in [5.74, 6) is 1.44. The molecule has 0 saturated heterocycles. The van der Waals surface area contributed by atoms with Crippen LogP contribution in [0.1, 0.15) is 51.9 Å². The van der Waals surface area contributed by atoms with Gasteiger partial charge in [-0.1, -0.05) is 26.2 Å². The molecule has 0 bridgehead atoms. The maximum atomic E-state index is 10.1. The molecular weight excluding hydrogens is 186 g/mol. The van der Waals surface area contributed by atoms with E-state index in [9.17, 15) is 5.11 Å². The van der Waals surface area contributed by atoms with Gasteiger partial charge in [0.05, 0.1) is 6.10 Å². The number of rotatable bonds is 5. The zero-order chi connectivity index (χ0) is 10.7. The monoisotopic (exact) mass is 211 g/mol. The normalized spacial score (nSPS) is 34.0. The average molecular weight is 211 g/mol. The van der Waals surface area contributed by atoms with Crippen LogP contribution in [0.4, 0.5) is 0 Å². The van der Waals surface area contributed by atoms with Gasteiger partial charge < -0.3 is 10.4 Å². The van der Waals surface area contributed by atoms with Crippen molar-refractivity contribution in [2.45, 2.75) is 64.0 Å². The zero-order valence-electron chi connectivity index (χ0n) is 9.91. The summed E-state index contributed by atoms with van der Waals surface area (Å²) in [6, 6.07) is 0.727. The second-order valence-electron chi connectivity index (χ2n) is 5.45. The van der Waals surface area contributed by atoms with Crippen LogP contribution in [0.2, 0.25) is 0 Å². The standard InChI is InChI=1S/C13H25NO/c1-2-10-4-3-5-11(8-10)13(15)9-14-12-6-7-12/h10-15H,2-9H2,1H3. The first-order valence-corrected chi connectivity index (χ1v) is 6.71. The van der Waals surface area contributed by atoms with Crippen molar-refractivity contribution < 1.29 is 5.11 Å². The lowest BCUT2D eigenvalue weighted by Crippen LogP contribution is -2.36. The molecule has 2 fully saturated rings. The average Bonchev–Trinajstić information content (AvgIpc) is 3.10. The highest BCUT2D eigenvalue weighted by Gasteiger charge is 2.28. The van der Waals surface area contributed by atoms with Crippen molar-refractivity contribution in [2.24, 2.45) is 11.8 Å². The third-order valence-corrected chi connectivity index (χ3v) is 4.14. The van der Waals surface area contributed by atoms with Gasteiger partial charge in [-0.3, -0.25) is 0 Å². The first kappa shape index (κ1) is 11.4. The molecule has 0 radical (unpaired) electrons. The summed E-state index contributed by atoms with van der Waals surface area (Å²) >= 11 is 0. The molecule has 2 saturated carbocycles. The van der Waals surface area contributed by atoms with E-state index in [0.29, 0.717) is 5.92 Å². The highest BCUT2D eigenvalue weighted by atomic mass is 16.3. The largest absolute Gasteiger partial charge is 0.392 e. The van der Waals surface area contributed by atoms with Crippen molar-refractivity contribution >= 4 is 0 Å². The molecule has 88 valence electrons. The molecule has 2 N–H and O–H groups in total. The van der Waals surface area contributed by atoms with Crippen LogP contribution < -0.4 is 5.32 Å². The summed E-state index contributed by atoms with van der Waals surface area (Å²) in [5, 5.41) is 13.5.